The second-order valence-electron chi connectivity index (χ2n) is 10.5. The number of likely N-dealkylation sites (tertiary alicyclic amines) is 1. The van der Waals surface area contributed by atoms with Crippen molar-refractivity contribution in [3.8, 4) is 5.75 Å². The van der Waals surface area contributed by atoms with Crippen molar-refractivity contribution in [2.24, 2.45) is 18.9 Å². The van der Waals surface area contributed by atoms with Crippen molar-refractivity contribution in [2.75, 3.05) is 26.7 Å². The standard InChI is InChI=1S/C30H41N3O4/c1-32-17-5-7-24(32)6-3-4-18-33-19-15-22(23(21-33)9-13-30(35)36)8-12-29(34)26-14-16-31-28-11-10-25(37-2)20-27(26)28/h5,7,10-11,14,16-17,20,22-23,29,34H,3-4,6,8-9,12-13,15,18-19,21H2,1-2H3,(H,35,36)/t22-,23-,29-/m1/s1. The van der Waals surface area contributed by atoms with Gasteiger partial charge in [-0.1, -0.05) is 0 Å². The van der Waals surface area contributed by atoms with Crippen LogP contribution in [-0.4, -0.2) is 57.4 Å². The highest BCUT2D eigenvalue weighted by Crippen LogP contribution is 2.35. The molecule has 37 heavy (non-hydrogen) atoms. The Morgan fingerprint density at radius 2 is 2.05 bits per heavy atom. The van der Waals surface area contributed by atoms with Gasteiger partial charge in [0.1, 0.15) is 5.75 Å². The van der Waals surface area contributed by atoms with E-state index in [0.29, 0.717) is 24.7 Å². The fraction of sp³-hybridized carbons (Fsp3) is 0.533. The quantitative estimate of drug-likeness (QED) is 0.308. The zero-order valence-corrected chi connectivity index (χ0v) is 22.2. The highest BCUT2D eigenvalue weighted by molar-refractivity contribution is 5.83. The number of ether oxygens (including phenoxy) is 1. The summed E-state index contributed by atoms with van der Waals surface area (Å²) in [5.41, 5.74) is 3.09. The molecule has 0 spiro atoms. The first-order chi connectivity index (χ1) is 17.9. The number of benzene rings is 1. The number of fused-ring (bicyclic) bond motifs is 1. The molecule has 2 N–H and O–H groups in total. The lowest BCUT2D eigenvalue weighted by Gasteiger charge is -2.39. The Balaban J connectivity index is 1.32. The van der Waals surface area contributed by atoms with E-state index in [2.05, 4.69) is 39.8 Å². The number of aliphatic hydroxyl groups is 1. The number of piperidine rings is 1. The number of rotatable bonds is 13. The molecule has 3 atom stereocenters. The average Bonchev–Trinajstić information content (AvgIpc) is 3.32. The molecule has 1 aliphatic heterocycles. The van der Waals surface area contributed by atoms with E-state index in [0.717, 1.165) is 74.0 Å². The Morgan fingerprint density at radius 1 is 1.19 bits per heavy atom. The lowest BCUT2D eigenvalue weighted by atomic mass is 9.79. The molecule has 4 rings (SSSR count). The number of nitrogens with zero attached hydrogens (tertiary/aromatic N) is 3. The minimum Gasteiger partial charge on any atom is -0.497 e. The fourth-order valence-corrected chi connectivity index (χ4v) is 5.86. The molecular weight excluding hydrogens is 466 g/mol. The van der Waals surface area contributed by atoms with E-state index in [1.807, 2.05) is 24.3 Å². The molecule has 3 heterocycles. The summed E-state index contributed by atoms with van der Waals surface area (Å²) in [4.78, 5) is 18.3. The zero-order chi connectivity index (χ0) is 26.2. The summed E-state index contributed by atoms with van der Waals surface area (Å²) in [7, 11) is 3.73. The third kappa shape index (κ3) is 7.33. The number of hydrogen-bond donors (Lipinski definition) is 2. The van der Waals surface area contributed by atoms with Crippen LogP contribution >= 0.6 is 0 Å². The molecule has 1 fully saturated rings. The summed E-state index contributed by atoms with van der Waals surface area (Å²) < 4.78 is 7.57. The van der Waals surface area contributed by atoms with Crippen LogP contribution < -0.4 is 4.74 Å². The maximum atomic E-state index is 11.3. The summed E-state index contributed by atoms with van der Waals surface area (Å²) in [6, 6.07) is 11.9. The number of pyridine rings is 1. The van der Waals surface area contributed by atoms with Gasteiger partial charge in [-0.15, -0.1) is 0 Å². The van der Waals surface area contributed by atoms with E-state index >= 15 is 0 Å². The van der Waals surface area contributed by atoms with Crippen LogP contribution in [0, 0.1) is 11.8 Å². The molecule has 0 radical (unpaired) electrons. The third-order valence-corrected chi connectivity index (χ3v) is 8.07. The fourth-order valence-electron chi connectivity index (χ4n) is 5.86. The molecule has 0 amide bonds. The molecule has 1 saturated heterocycles. The van der Waals surface area contributed by atoms with E-state index in [-0.39, 0.29) is 6.42 Å². The topological polar surface area (TPSA) is 87.8 Å². The molecule has 0 unspecified atom stereocenters. The first-order valence-electron chi connectivity index (χ1n) is 13.6. The average molecular weight is 508 g/mol. The maximum Gasteiger partial charge on any atom is 0.303 e. The molecular formula is C30H41N3O4. The molecule has 0 saturated carbocycles. The summed E-state index contributed by atoms with van der Waals surface area (Å²) in [5.74, 6) is 0.796. The minimum absolute atomic E-state index is 0.208. The van der Waals surface area contributed by atoms with Crippen LogP contribution in [0.3, 0.4) is 0 Å². The number of aliphatic hydroxyl groups excluding tert-OH is 1. The second kappa shape index (κ2) is 13.1. The summed E-state index contributed by atoms with van der Waals surface area (Å²) in [6.45, 7) is 3.06. The van der Waals surface area contributed by atoms with Crippen molar-refractivity contribution in [3.05, 3.63) is 60.0 Å². The van der Waals surface area contributed by atoms with Crippen molar-refractivity contribution >= 4 is 16.9 Å². The minimum atomic E-state index is -0.726. The lowest BCUT2D eigenvalue weighted by Crippen LogP contribution is -2.41. The smallest absolute Gasteiger partial charge is 0.303 e. The SMILES string of the molecule is COc1ccc2nccc([C@H](O)CC[C@@H]3CCN(CCCCc4cccn4C)C[C@H]3CCC(=O)O)c2c1. The largest absolute Gasteiger partial charge is 0.497 e. The van der Waals surface area contributed by atoms with Gasteiger partial charge in [0.25, 0.3) is 0 Å². The van der Waals surface area contributed by atoms with Crippen LogP contribution in [0.5, 0.6) is 5.75 Å². The van der Waals surface area contributed by atoms with Crippen molar-refractivity contribution in [1.29, 1.82) is 0 Å². The summed E-state index contributed by atoms with van der Waals surface area (Å²) >= 11 is 0. The van der Waals surface area contributed by atoms with Gasteiger partial charge in [0.15, 0.2) is 0 Å². The number of carboxylic acids is 1. The number of unbranched alkanes of at least 4 members (excludes halogenated alkanes) is 1. The van der Waals surface area contributed by atoms with Crippen LogP contribution in [-0.2, 0) is 18.3 Å². The molecule has 200 valence electrons. The van der Waals surface area contributed by atoms with Crippen LogP contribution in [0.25, 0.3) is 10.9 Å². The number of carboxylic acid groups (broad SMARTS) is 1. The van der Waals surface area contributed by atoms with E-state index in [9.17, 15) is 15.0 Å². The van der Waals surface area contributed by atoms with E-state index in [4.69, 9.17) is 4.74 Å². The zero-order valence-electron chi connectivity index (χ0n) is 22.2. The van der Waals surface area contributed by atoms with E-state index < -0.39 is 12.1 Å². The lowest BCUT2D eigenvalue weighted by molar-refractivity contribution is -0.137. The van der Waals surface area contributed by atoms with Crippen LogP contribution in [0.4, 0.5) is 0 Å². The molecule has 1 aromatic carbocycles. The number of aliphatic carboxylic acids is 1. The molecule has 1 aliphatic rings. The Morgan fingerprint density at radius 3 is 2.81 bits per heavy atom. The van der Waals surface area contributed by atoms with E-state index in [1.165, 1.54) is 5.69 Å². The Kier molecular flexibility index (Phi) is 9.58. The molecule has 2 aromatic heterocycles. The van der Waals surface area contributed by atoms with Crippen molar-refractivity contribution in [3.63, 3.8) is 0 Å². The third-order valence-electron chi connectivity index (χ3n) is 8.07. The number of carbonyl (C=O) groups is 1. The predicted molar refractivity (Wildman–Crippen MR) is 146 cm³/mol. The first-order valence-corrected chi connectivity index (χ1v) is 13.6. The highest BCUT2D eigenvalue weighted by atomic mass is 16.5. The van der Waals surface area contributed by atoms with Gasteiger partial charge in [-0.3, -0.25) is 9.78 Å². The number of methoxy groups -OCH3 is 1. The highest BCUT2D eigenvalue weighted by Gasteiger charge is 2.30. The number of aromatic nitrogens is 2. The van der Waals surface area contributed by atoms with E-state index in [1.54, 1.807) is 13.3 Å². The number of aryl methyl sites for hydroxylation is 2. The monoisotopic (exact) mass is 507 g/mol. The van der Waals surface area contributed by atoms with Crippen LogP contribution in [0.1, 0.15) is 62.3 Å². The van der Waals surface area contributed by atoms with Crippen LogP contribution in [0.15, 0.2) is 48.8 Å². The summed E-state index contributed by atoms with van der Waals surface area (Å²) in [5, 5.41) is 21.4. The van der Waals surface area contributed by atoms with Gasteiger partial charge < -0.3 is 24.4 Å². The first kappa shape index (κ1) is 27.1. The molecule has 3 aromatic rings. The maximum absolute atomic E-state index is 11.3. The summed E-state index contributed by atoms with van der Waals surface area (Å²) in [6.07, 6.45) is 10.2. The number of hydrogen-bond acceptors (Lipinski definition) is 5. The van der Waals surface area contributed by atoms with Gasteiger partial charge in [0.2, 0.25) is 0 Å². The van der Waals surface area contributed by atoms with Gasteiger partial charge in [-0.2, -0.15) is 0 Å². The molecule has 7 heteroatoms. The normalized spacial score (nSPS) is 19.2. The van der Waals surface area contributed by atoms with Gasteiger partial charge in [0.05, 0.1) is 18.7 Å². The molecule has 0 aliphatic carbocycles. The Labute approximate surface area is 220 Å². The van der Waals surface area contributed by atoms with Crippen LogP contribution in [0.2, 0.25) is 0 Å². The Bertz CT molecular complexity index is 1160. The van der Waals surface area contributed by atoms with Gasteiger partial charge in [-0.05, 0) is 112 Å². The Hall–Kier alpha value is -2.90. The van der Waals surface area contributed by atoms with Gasteiger partial charge >= 0.3 is 5.97 Å². The molecule has 7 nitrogen and oxygen atoms in total. The van der Waals surface area contributed by atoms with Crippen molar-refractivity contribution in [1.82, 2.24) is 14.5 Å². The molecule has 0 bridgehead atoms. The van der Waals surface area contributed by atoms with Crippen molar-refractivity contribution in [2.45, 2.75) is 57.5 Å². The second-order valence-corrected chi connectivity index (χ2v) is 10.5. The van der Waals surface area contributed by atoms with Gasteiger partial charge in [0, 0.05) is 43.5 Å². The van der Waals surface area contributed by atoms with Gasteiger partial charge in [-0.25, -0.2) is 0 Å². The van der Waals surface area contributed by atoms with Crippen molar-refractivity contribution < 1.29 is 19.7 Å². The predicted octanol–water partition coefficient (Wildman–Crippen LogP) is 5.22.